The predicted molar refractivity (Wildman–Crippen MR) is 263 cm³/mol. The minimum Gasteiger partial charge on any atom is -0.310 e. The topological polar surface area (TPSA) is 8.17 Å². The first-order valence-electron chi connectivity index (χ1n) is 21.3. The highest BCUT2D eigenvalue weighted by atomic mass is 15.1. The van der Waals surface area contributed by atoms with Crippen LogP contribution in [-0.2, 0) is 0 Å². The fourth-order valence-electron chi connectivity index (χ4n) is 9.05. The summed E-state index contributed by atoms with van der Waals surface area (Å²) in [4.78, 5) is 2.40. The van der Waals surface area contributed by atoms with E-state index >= 15 is 0 Å². The molecule has 0 unspecified atom stereocenters. The van der Waals surface area contributed by atoms with Crippen molar-refractivity contribution >= 4 is 38.9 Å². The molecule has 0 aliphatic carbocycles. The first-order chi connectivity index (χ1) is 30.8. The van der Waals surface area contributed by atoms with Crippen molar-refractivity contribution in [2.45, 2.75) is 0 Å². The molecule has 0 bridgehead atoms. The van der Waals surface area contributed by atoms with Crippen molar-refractivity contribution in [2.75, 3.05) is 4.90 Å². The van der Waals surface area contributed by atoms with E-state index < -0.39 is 0 Å². The highest BCUT2D eigenvalue weighted by molar-refractivity contribution is 6.10. The third-order valence-corrected chi connectivity index (χ3v) is 12.0. The van der Waals surface area contributed by atoms with Gasteiger partial charge in [0.15, 0.2) is 0 Å². The molecule has 0 atom stereocenters. The molecule has 2 heteroatoms. The molecule has 11 aromatic rings. The van der Waals surface area contributed by atoms with Crippen LogP contribution in [0.3, 0.4) is 0 Å². The van der Waals surface area contributed by atoms with Crippen molar-refractivity contribution in [3.05, 3.63) is 255 Å². The molecule has 292 valence electrons. The molecule has 0 aliphatic rings. The second kappa shape index (κ2) is 16.1. The number of anilines is 3. The Labute approximate surface area is 362 Å². The summed E-state index contributed by atoms with van der Waals surface area (Å²) in [6.45, 7) is 0. The summed E-state index contributed by atoms with van der Waals surface area (Å²) in [7, 11) is 0. The third-order valence-electron chi connectivity index (χ3n) is 12.0. The van der Waals surface area contributed by atoms with Gasteiger partial charge in [-0.25, -0.2) is 0 Å². The van der Waals surface area contributed by atoms with Crippen molar-refractivity contribution in [3.8, 4) is 61.3 Å². The second-order valence-corrected chi connectivity index (χ2v) is 15.7. The lowest BCUT2D eigenvalue weighted by Gasteiger charge is -2.27. The van der Waals surface area contributed by atoms with E-state index in [-0.39, 0.29) is 0 Å². The Morgan fingerprint density at radius 3 is 1.26 bits per heavy atom. The lowest BCUT2D eigenvalue weighted by molar-refractivity contribution is 1.18. The maximum absolute atomic E-state index is 2.42. The number of hydrogen-bond acceptors (Lipinski definition) is 1. The lowest BCUT2D eigenvalue weighted by Crippen LogP contribution is -2.10. The zero-order chi connectivity index (χ0) is 41.2. The van der Waals surface area contributed by atoms with E-state index in [4.69, 9.17) is 0 Å². The number of nitrogens with zero attached hydrogens (tertiary/aromatic N) is 2. The minimum absolute atomic E-state index is 1.08. The van der Waals surface area contributed by atoms with Gasteiger partial charge in [-0.15, -0.1) is 0 Å². The zero-order valence-electron chi connectivity index (χ0n) is 34.1. The fraction of sp³-hybridized carbons (Fsp3) is 0. The monoisotopic (exact) mass is 790 g/mol. The van der Waals surface area contributed by atoms with Crippen LogP contribution in [0.25, 0.3) is 83.1 Å². The van der Waals surface area contributed by atoms with Gasteiger partial charge in [-0.3, -0.25) is 0 Å². The summed E-state index contributed by atoms with van der Waals surface area (Å²) in [6, 6.07) is 92.1. The number of para-hydroxylation sites is 1. The van der Waals surface area contributed by atoms with Crippen LogP contribution in [0.15, 0.2) is 255 Å². The number of fused-ring (bicyclic) bond motifs is 3. The van der Waals surface area contributed by atoms with E-state index in [0.29, 0.717) is 0 Å². The lowest BCUT2D eigenvalue weighted by atomic mass is 9.93. The van der Waals surface area contributed by atoms with Crippen LogP contribution in [0, 0.1) is 0 Å². The average molecular weight is 791 g/mol. The SMILES string of the molecule is c1ccc(-c2ccc(N(c3ccc(-c4ccccc4)c(-c4ccccc4)c3)c3ccc4c5ccccc5n(-c5ccc(-c6ccccc6-c6ccccc6)cc5)c4c3)cc2)cc1. The van der Waals surface area contributed by atoms with Crippen molar-refractivity contribution in [1.29, 1.82) is 0 Å². The van der Waals surface area contributed by atoms with E-state index in [1.807, 2.05) is 0 Å². The molecule has 2 nitrogen and oxygen atoms in total. The van der Waals surface area contributed by atoms with Crippen LogP contribution >= 0.6 is 0 Å². The molecule has 62 heavy (non-hydrogen) atoms. The quantitative estimate of drug-likeness (QED) is 0.141. The van der Waals surface area contributed by atoms with Gasteiger partial charge in [0.2, 0.25) is 0 Å². The molecule has 0 saturated heterocycles. The molecule has 1 heterocycles. The average Bonchev–Trinajstić information content (AvgIpc) is 3.69. The van der Waals surface area contributed by atoms with Gasteiger partial charge < -0.3 is 9.47 Å². The Balaban J connectivity index is 1.08. The number of aromatic nitrogens is 1. The van der Waals surface area contributed by atoms with Crippen molar-refractivity contribution in [3.63, 3.8) is 0 Å². The predicted octanol–water partition coefficient (Wildman–Crippen LogP) is 16.6. The Hall–Kier alpha value is -8.20. The molecular weight excluding hydrogens is 749 g/mol. The fourth-order valence-corrected chi connectivity index (χ4v) is 9.05. The van der Waals surface area contributed by atoms with Gasteiger partial charge in [-0.2, -0.15) is 0 Å². The van der Waals surface area contributed by atoms with Gasteiger partial charge in [-0.1, -0.05) is 200 Å². The number of hydrogen-bond donors (Lipinski definition) is 0. The Kier molecular flexibility index (Phi) is 9.57. The van der Waals surface area contributed by atoms with Gasteiger partial charge in [0.25, 0.3) is 0 Å². The molecule has 1 aromatic heterocycles. The summed E-state index contributed by atoms with van der Waals surface area (Å²) < 4.78 is 2.42. The summed E-state index contributed by atoms with van der Waals surface area (Å²) in [5.74, 6) is 0. The minimum atomic E-state index is 1.08. The summed E-state index contributed by atoms with van der Waals surface area (Å²) >= 11 is 0. The molecule has 0 saturated carbocycles. The van der Waals surface area contributed by atoms with Crippen molar-refractivity contribution < 1.29 is 0 Å². The van der Waals surface area contributed by atoms with Crippen LogP contribution in [0.4, 0.5) is 17.1 Å². The molecule has 0 spiro atoms. The second-order valence-electron chi connectivity index (χ2n) is 15.7. The number of rotatable bonds is 9. The molecule has 0 fully saturated rings. The Morgan fingerprint density at radius 1 is 0.242 bits per heavy atom. The van der Waals surface area contributed by atoms with Crippen LogP contribution in [0.5, 0.6) is 0 Å². The normalized spacial score (nSPS) is 11.2. The van der Waals surface area contributed by atoms with E-state index in [9.17, 15) is 0 Å². The van der Waals surface area contributed by atoms with Gasteiger partial charge >= 0.3 is 0 Å². The summed E-state index contributed by atoms with van der Waals surface area (Å²) in [5.41, 5.74) is 18.7. The largest absolute Gasteiger partial charge is 0.310 e. The molecule has 11 rings (SSSR count). The van der Waals surface area contributed by atoms with Gasteiger partial charge in [0, 0.05) is 33.5 Å². The van der Waals surface area contributed by atoms with E-state index in [1.165, 1.54) is 71.9 Å². The van der Waals surface area contributed by atoms with Crippen LogP contribution in [0.1, 0.15) is 0 Å². The molecule has 10 aromatic carbocycles. The molecule has 0 amide bonds. The summed E-state index contributed by atoms with van der Waals surface area (Å²) in [6.07, 6.45) is 0. The van der Waals surface area contributed by atoms with E-state index in [0.717, 1.165) is 28.3 Å². The van der Waals surface area contributed by atoms with Crippen LogP contribution in [0.2, 0.25) is 0 Å². The molecule has 0 N–H and O–H groups in total. The van der Waals surface area contributed by atoms with Crippen molar-refractivity contribution in [1.82, 2.24) is 4.57 Å². The van der Waals surface area contributed by atoms with Crippen molar-refractivity contribution in [2.24, 2.45) is 0 Å². The molecule has 0 aliphatic heterocycles. The summed E-state index contributed by atoms with van der Waals surface area (Å²) in [5, 5.41) is 2.44. The maximum Gasteiger partial charge on any atom is 0.0561 e. The first-order valence-corrected chi connectivity index (χ1v) is 21.3. The third kappa shape index (κ3) is 6.84. The smallest absolute Gasteiger partial charge is 0.0561 e. The zero-order valence-corrected chi connectivity index (χ0v) is 34.1. The highest BCUT2D eigenvalue weighted by Gasteiger charge is 2.20. The van der Waals surface area contributed by atoms with Gasteiger partial charge in [0.05, 0.1) is 11.0 Å². The number of benzene rings is 10. The van der Waals surface area contributed by atoms with Gasteiger partial charge in [-0.05, 0) is 110 Å². The van der Waals surface area contributed by atoms with Gasteiger partial charge in [0.1, 0.15) is 0 Å². The standard InChI is InChI=1S/C60H42N2/c1-5-17-43(18-6-1)44-29-33-49(34-30-44)61(51-37-39-55(46-21-9-3-10-22-46)58(41-51)47-23-11-4-12-24-47)52-38-40-57-56-27-15-16-28-59(56)62(60(57)42-52)50-35-31-48(32-36-50)54-26-14-13-25-53(54)45-19-7-2-8-20-45/h1-42H. The maximum atomic E-state index is 2.42. The molecular formula is C60H42N2. The Bertz CT molecular complexity index is 3300. The first kappa shape index (κ1) is 36.8. The molecule has 0 radical (unpaired) electrons. The van der Waals surface area contributed by atoms with Crippen LogP contribution in [-0.4, -0.2) is 4.57 Å². The highest BCUT2D eigenvalue weighted by Crippen LogP contribution is 2.43. The van der Waals surface area contributed by atoms with E-state index in [1.54, 1.807) is 0 Å². The van der Waals surface area contributed by atoms with E-state index in [2.05, 4.69) is 264 Å². The van der Waals surface area contributed by atoms with Crippen LogP contribution < -0.4 is 4.90 Å². The Morgan fingerprint density at radius 2 is 0.645 bits per heavy atom.